The number of hydrogen-bond donors (Lipinski definition) is 3. The Labute approximate surface area is 117 Å². The van der Waals surface area contributed by atoms with Gasteiger partial charge in [0.05, 0.1) is 11.9 Å². The van der Waals surface area contributed by atoms with Crippen LogP contribution in [0.4, 0.5) is 5.69 Å². The van der Waals surface area contributed by atoms with Crippen molar-refractivity contribution in [3.63, 3.8) is 0 Å². The summed E-state index contributed by atoms with van der Waals surface area (Å²) in [4.78, 5) is 11.2. The van der Waals surface area contributed by atoms with Crippen molar-refractivity contribution in [3.8, 4) is 0 Å². The van der Waals surface area contributed by atoms with E-state index in [0.717, 1.165) is 0 Å². The zero-order valence-electron chi connectivity index (χ0n) is 11.2. The fourth-order valence-electron chi connectivity index (χ4n) is 1.83. The van der Waals surface area contributed by atoms with Crippen molar-refractivity contribution in [2.75, 3.05) is 37.9 Å². The van der Waals surface area contributed by atoms with Gasteiger partial charge in [0.25, 0.3) is 0 Å². The van der Waals surface area contributed by atoms with Crippen LogP contribution in [0, 0.1) is 0 Å². The number of anilines is 1. The van der Waals surface area contributed by atoms with Gasteiger partial charge in [-0.05, 0) is 0 Å². The van der Waals surface area contributed by atoms with Crippen LogP contribution in [0.3, 0.4) is 0 Å². The molecule has 0 aliphatic carbocycles. The first-order chi connectivity index (χ1) is 9.51. The molecule has 0 bridgehead atoms. The summed E-state index contributed by atoms with van der Waals surface area (Å²) in [6.07, 6.45) is 2.86. The van der Waals surface area contributed by atoms with Crippen molar-refractivity contribution in [2.24, 2.45) is 0 Å². The van der Waals surface area contributed by atoms with Gasteiger partial charge in [-0.15, -0.1) is 0 Å². The molecule has 112 valence electrons. The van der Waals surface area contributed by atoms with Gasteiger partial charge in [0.1, 0.15) is 6.54 Å². The number of rotatable bonds is 5. The van der Waals surface area contributed by atoms with Crippen LogP contribution in [0.2, 0.25) is 0 Å². The van der Waals surface area contributed by atoms with Crippen LogP contribution in [0.15, 0.2) is 12.4 Å². The van der Waals surface area contributed by atoms with Crippen LogP contribution < -0.4 is 15.4 Å². The van der Waals surface area contributed by atoms with Gasteiger partial charge in [0.15, 0.2) is 0 Å². The monoisotopic (exact) mass is 302 g/mol. The minimum absolute atomic E-state index is 0.0475. The summed E-state index contributed by atoms with van der Waals surface area (Å²) in [5.74, 6) is -0.204. The van der Waals surface area contributed by atoms with E-state index >= 15 is 0 Å². The lowest BCUT2D eigenvalue weighted by molar-refractivity contribution is -0.121. The molecule has 0 radical (unpaired) electrons. The van der Waals surface area contributed by atoms with Crippen molar-refractivity contribution in [1.82, 2.24) is 24.7 Å². The largest absolute Gasteiger partial charge is 0.358 e. The lowest BCUT2D eigenvalue weighted by atomic mass is 10.4. The molecule has 2 heterocycles. The SMILES string of the molecule is CNC(=O)Cn1cc(NS(=O)(=O)N2CCNCC2)cn1. The van der Waals surface area contributed by atoms with Crippen molar-refractivity contribution < 1.29 is 13.2 Å². The Morgan fingerprint density at radius 3 is 2.80 bits per heavy atom. The molecular weight excluding hydrogens is 284 g/mol. The van der Waals surface area contributed by atoms with Gasteiger partial charge in [0.2, 0.25) is 5.91 Å². The number of carbonyl (C=O) groups excluding carboxylic acids is 1. The van der Waals surface area contributed by atoms with Crippen molar-refractivity contribution in [1.29, 1.82) is 0 Å². The van der Waals surface area contributed by atoms with Gasteiger partial charge >= 0.3 is 10.2 Å². The van der Waals surface area contributed by atoms with E-state index in [1.165, 1.54) is 28.4 Å². The Morgan fingerprint density at radius 1 is 1.45 bits per heavy atom. The summed E-state index contributed by atoms with van der Waals surface area (Å²) in [6.45, 7) is 2.18. The Kier molecular flexibility index (Phi) is 4.57. The minimum atomic E-state index is -3.57. The highest BCUT2D eigenvalue weighted by atomic mass is 32.2. The van der Waals surface area contributed by atoms with Crippen molar-refractivity contribution in [3.05, 3.63) is 12.4 Å². The fourth-order valence-corrected chi connectivity index (χ4v) is 3.02. The minimum Gasteiger partial charge on any atom is -0.358 e. The maximum atomic E-state index is 12.1. The van der Waals surface area contributed by atoms with E-state index in [1.54, 1.807) is 0 Å². The molecule has 2 rings (SSSR count). The maximum Gasteiger partial charge on any atom is 0.301 e. The lowest BCUT2D eigenvalue weighted by Gasteiger charge is -2.26. The fraction of sp³-hybridized carbons (Fsp3) is 0.600. The number of likely N-dealkylation sites (N-methyl/N-ethyl adjacent to an activating group) is 1. The highest BCUT2D eigenvalue weighted by Gasteiger charge is 2.23. The van der Waals surface area contributed by atoms with E-state index in [1.807, 2.05) is 0 Å². The Balaban J connectivity index is 2.00. The average molecular weight is 302 g/mol. The molecule has 10 heteroatoms. The standard InChI is InChI=1S/C10H18N6O3S/c1-11-10(17)8-15-7-9(6-13-15)14-20(18,19)16-4-2-12-3-5-16/h6-7,12,14H,2-5,8H2,1H3,(H,11,17). The molecule has 9 nitrogen and oxygen atoms in total. The Morgan fingerprint density at radius 2 is 2.15 bits per heavy atom. The quantitative estimate of drug-likeness (QED) is 0.594. The number of hydrogen-bond acceptors (Lipinski definition) is 5. The predicted molar refractivity (Wildman–Crippen MR) is 73.3 cm³/mol. The second-order valence-electron chi connectivity index (χ2n) is 4.36. The van der Waals surface area contributed by atoms with Crippen LogP contribution in [0.25, 0.3) is 0 Å². The van der Waals surface area contributed by atoms with E-state index in [-0.39, 0.29) is 12.5 Å². The molecule has 1 aromatic rings. The van der Waals surface area contributed by atoms with Crippen molar-refractivity contribution in [2.45, 2.75) is 6.54 Å². The molecule has 20 heavy (non-hydrogen) atoms. The average Bonchev–Trinajstić information content (AvgIpc) is 2.86. The molecule has 0 aromatic carbocycles. The van der Waals surface area contributed by atoms with Crippen LogP contribution in [0.1, 0.15) is 0 Å². The van der Waals surface area contributed by atoms with Crippen LogP contribution in [0.5, 0.6) is 0 Å². The normalized spacial score (nSPS) is 16.9. The predicted octanol–water partition coefficient (Wildman–Crippen LogP) is -1.81. The van der Waals surface area contributed by atoms with Gasteiger partial charge in [-0.3, -0.25) is 14.2 Å². The lowest BCUT2D eigenvalue weighted by Crippen LogP contribution is -2.48. The van der Waals surface area contributed by atoms with Gasteiger partial charge in [-0.2, -0.15) is 17.8 Å². The molecule has 1 amide bonds. The zero-order chi connectivity index (χ0) is 14.6. The third-order valence-corrected chi connectivity index (χ3v) is 4.42. The molecule has 1 fully saturated rings. The molecule has 1 aliphatic heterocycles. The molecule has 0 saturated carbocycles. The van der Waals surface area contributed by atoms with Gasteiger partial charge in [-0.25, -0.2) is 0 Å². The Bertz CT molecular complexity index is 563. The van der Waals surface area contributed by atoms with E-state index in [2.05, 4.69) is 20.5 Å². The zero-order valence-corrected chi connectivity index (χ0v) is 12.0. The number of nitrogens with one attached hydrogen (secondary N) is 3. The third kappa shape index (κ3) is 3.68. The first-order valence-electron chi connectivity index (χ1n) is 6.23. The molecule has 1 saturated heterocycles. The van der Waals surface area contributed by atoms with Gasteiger partial charge in [0, 0.05) is 39.4 Å². The summed E-state index contributed by atoms with van der Waals surface area (Å²) in [7, 11) is -2.04. The summed E-state index contributed by atoms with van der Waals surface area (Å²) in [6, 6.07) is 0. The molecule has 3 N–H and O–H groups in total. The van der Waals surface area contributed by atoms with E-state index in [4.69, 9.17) is 0 Å². The topological polar surface area (TPSA) is 108 Å². The highest BCUT2D eigenvalue weighted by molar-refractivity contribution is 7.90. The molecular formula is C10H18N6O3S. The number of aromatic nitrogens is 2. The summed E-state index contributed by atoms with van der Waals surface area (Å²) < 4.78 is 29.4. The van der Waals surface area contributed by atoms with E-state index in [9.17, 15) is 13.2 Å². The number of nitrogens with zero attached hydrogens (tertiary/aromatic N) is 3. The summed E-state index contributed by atoms with van der Waals surface area (Å²) in [5.41, 5.74) is 0.340. The van der Waals surface area contributed by atoms with Crippen LogP contribution in [-0.2, 0) is 21.5 Å². The smallest absolute Gasteiger partial charge is 0.301 e. The molecule has 0 atom stereocenters. The van der Waals surface area contributed by atoms with Crippen LogP contribution >= 0.6 is 0 Å². The molecule has 1 aliphatic rings. The molecule has 1 aromatic heterocycles. The van der Waals surface area contributed by atoms with Gasteiger partial charge in [-0.1, -0.05) is 0 Å². The van der Waals surface area contributed by atoms with Gasteiger partial charge < -0.3 is 10.6 Å². The maximum absolute atomic E-state index is 12.1. The molecule has 0 unspecified atom stereocenters. The second kappa shape index (κ2) is 6.20. The third-order valence-electron chi connectivity index (χ3n) is 2.88. The number of piperazine rings is 1. The number of amides is 1. The van der Waals surface area contributed by atoms with E-state index < -0.39 is 10.2 Å². The number of carbonyl (C=O) groups is 1. The highest BCUT2D eigenvalue weighted by Crippen LogP contribution is 2.11. The van der Waals surface area contributed by atoms with Crippen molar-refractivity contribution >= 4 is 21.8 Å². The first kappa shape index (κ1) is 14.8. The Hall–Kier alpha value is -1.65. The molecule has 0 spiro atoms. The summed E-state index contributed by atoms with van der Waals surface area (Å²) >= 11 is 0. The van der Waals surface area contributed by atoms with E-state index in [0.29, 0.717) is 31.9 Å². The first-order valence-corrected chi connectivity index (χ1v) is 7.67. The summed E-state index contributed by atoms with van der Waals surface area (Å²) in [5, 5.41) is 9.49. The van der Waals surface area contributed by atoms with Crippen LogP contribution in [-0.4, -0.2) is 61.6 Å². The second-order valence-corrected chi connectivity index (χ2v) is 6.03.